The fourth-order valence-electron chi connectivity index (χ4n) is 2.60. The van der Waals surface area contributed by atoms with Crippen molar-refractivity contribution in [3.8, 4) is 22.8 Å². The van der Waals surface area contributed by atoms with Crippen molar-refractivity contribution < 1.29 is 23.9 Å². The van der Waals surface area contributed by atoms with Crippen molar-refractivity contribution in [1.82, 2.24) is 5.16 Å². The molecule has 7 heteroatoms. The highest BCUT2D eigenvalue weighted by Gasteiger charge is 2.26. The number of benzene rings is 1. The maximum atomic E-state index is 11.0. The van der Waals surface area contributed by atoms with E-state index in [1.165, 1.54) is 6.07 Å². The first-order valence-corrected chi connectivity index (χ1v) is 7.69. The molecule has 122 valence electrons. The van der Waals surface area contributed by atoms with Crippen LogP contribution in [0.4, 0.5) is 0 Å². The highest BCUT2D eigenvalue weighted by Crippen LogP contribution is 2.47. The van der Waals surface area contributed by atoms with Gasteiger partial charge in [-0.05, 0) is 5.92 Å². The van der Waals surface area contributed by atoms with E-state index in [1.807, 2.05) is 13.8 Å². The molecule has 2 heterocycles. The number of hydrogen-bond acceptors (Lipinski definition) is 5. The summed E-state index contributed by atoms with van der Waals surface area (Å²) in [6, 6.07) is 3.04. The first-order valence-electron chi connectivity index (χ1n) is 7.31. The lowest BCUT2D eigenvalue weighted by Crippen LogP contribution is -2.02. The summed E-state index contributed by atoms with van der Waals surface area (Å²) in [6.45, 7) is 5.12. The van der Waals surface area contributed by atoms with Gasteiger partial charge in [0.2, 0.25) is 5.76 Å². The van der Waals surface area contributed by atoms with Gasteiger partial charge in [-0.2, -0.15) is 0 Å². The minimum atomic E-state index is -1.18. The molecule has 23 heavy (non-hydrogen) atoms. The summed E-state index contributed by atoms with van der Waals surface area (Å²) >= 11 is 6.42. The summed E-state index contributed by atoms with van der Waals surface area (Å²) in [7, 11) is 0. The number of carbonyl (C=O) groups is 1. The molecule has 3 rings (SSSR count). The molecule has 0 unspecified atom stereocenters. The van der Waals surface area contributed by atoms with E-state index < -0.39 is 5.97 Å². The number of nitrogens with zero attached hydrogens (tertiary/aromatic N) is 1. The molecular weight excluding hydrogens is 322 g/mol. The third kappa shape index (κ3) is 2.86. The summed E-state index contributed by atoms with van der Waals surface area (Å²) in [5.74, 6) is -0.110. The van der Waals surface area contributed by atoms with Crippen LogP contribution in [0.3, 0.4) is 0 Å². The van der Waals surface area contributed by atoms with Gasteiger partial charge in [0.1, 0.15) is 5.69 Å². The average molecular weight is 338 g/mol. The molecule has 0 bridgehead atoms. The highest BCUT2D eigenvalue weighted by atomic mass is 35.5. The van der Waals surface area contributed by atoms with Gasteiger partial charge < -0.3 is 19.1 Å². The lowest BCUT2D eigenvalue weighted by Gasteiger charge is -2.19. The molecule has 6 nitrogen and oxygen atoms in total. The van der Waals surface area contributed by atoms with E-state index in [1.54, 1.807) is 6.07 Å². The number of rotatable bonds is 3. The molecule has 1 aliphatic rings. The first kappa shape index (κ1) is 15.7. The largest absolute Gasteiger partial charge is 0.489 e. The van der Waals surface area contributed by atoms with E-state index >= 15 is 0 Å². The zero-order chi connectivity index (χ0) is 16.6. The van der Waals surface area contributed by atoms with Crippen molar-refractivity contribution in [3.63, 3.8) is 0 Å². The molecule has 0 saturated heterocycles. The van der Waals surface area contributed by atoms with Gasteiger partial charge >= 0.3 is 5.97 Å². The molecule has 2 aromatic rings. The Morgan fingerprint density at radius 1 is 1.30 bits per heavy atom. The molecule has 0 aliphatic carbocycles. The monoisotopic (exact) mass is 337 g/mol. The van der Waals surface area contributed by atoms with Crippen LogP contribution in [0, 0.1) is 0 Å². The Morgan fingerprint density at radius 2 is 2.04 bits per heavy atom. The Balaban J connectivity index is 2.22. The minimum Gasteiger partial charge on any atom is -0.489 e. The Kier molecular flexibility index (Phi) is 4.17. The molecular formula is C16H16ClNO5. The van der Waals surface area contributed by atoms with Crippen LogP contribution >= 0.6 is 11.6 Å². The lowest BCUT2D eigenvalue weighted by atomic mass is 9.93. The summed E-state index contributed by atoms with van der Waals surface area (Å²) in [5.41, 5.74) is 1.81. The van der Waals surface area contributed by atoms with Gasteiger partial charge in [0.15, 0.2) is 11.5 Å². The third-order valence-corrected chi connectivity index (χ3v) is 3.88. The van der Waals surface area contributed by atoms with Crippen molar-refractivity contribution in [2.45, 2.75) is 26.2 Å². The van der Waals surface area contributed by atoms with Crippen LogP contribution in [-0.2, 0) is 0 Å². The summed E-state index contributed by atoms with van der Waals surface area (Å²) in [4.78, 5) is 11.0. The van der Waals surface area contributed by atoms with Gasteiger partial charge in [0.25, 0.3) is 0 Å². The second-order valence-electron chi connectivity index (χ2n) is 5.56. The first-order chi connectivity index (χ1) is 11.0. The second-order valence-corrected chi connectivity index (χ2v) is 5.97. The van der Waals surface area contributed by atoms with Crippen LogP contribution in [0.25, 0.3) is 11.3 Å². The maximum absolute atomic E-state index is 11.0. The van der Waals surface area contributed by atoms with E-state index in [0.717, 1.165) is 12.0 Å². The Hall–Kier alpha value is -2.21. The van der Waals surface area contributed by atoms with Crippen LogP contribution < -0.4 is 9.47 Å². The molecule has 0 radical (unpaired) electrons. The van der Waals surface area contributed by atoms with E-state index in [9.17, 15) is 4.79 Å². The van der Waals surface area contributed by atoms with Crippen LogP contribution in [0.1, 0.15) is 42.3 Å². The highest BCUT2D eigenvalue weighted by molar-refractivity contribution is 6.33. The number of carboxylic acids is 1. The minimum absolute atomic E-state index is 0.0733. The van der Waals surface area contributed by atoms with Gasteiger partial charge in [-0.3, -0.25) is 0 Å². The lowest BCUT2D eigenvalue weighted by molar-refractivity contribution is 0.0652. The molecule has 1 aromatic heterocycles. The van der Waals surface area contributed by atoms with Crippen LogP contribution in [0.5, 0.6) is 11.5 Å². The zero-order valence-corrected chi connectivity index (χ0v) is 13.5. The van der Waals surface area contributed by atoms with E-state index in [2.05, 4.69) is 5.16 Å². The molecule has 0 atom stereocenters. The van der Waals surface area contributed by atoms with Gasteiger partial charge in [0.05, 0.1) is 18.2 Å². The molecule has 1 aromatic carbocycles. The van der Waals surface area contributed by atoms with E-state index in [0.29, 0.717) is 41.0 Å². The molecule has 1 aliphatic heterocycles. The topological polar surface area (TPSA) is 81.8 Å². The quantitative estimate of drug-likeness (QED) is 0.912. The number of ether oxygens (including phenoxy) is 2. The van der Waals surface area contributed by atoms with Crippen molar-refractivity contribution in [1.29, 1.82) is 0 Å². The number of hydrogen-bond donors (Lipinski definition) is 1. The molecule has 0 saturated carbocycles. The van der Waals surface area contributed by atoms with Crippen molar-refractivity contribution in [2.75, 3.05) is 13.2 Å². The fraction of sp³-hybridized carbons (Fsp3) is 0.375. The molecule has 0 fully saturated rings. The number of fused-ring (bicyclic) bond motifs is 1. The SMILES string of the molecule is CC(C)c1c2c(cc(Cl)c1-c1cc(C(=O)O)on1)OCCCO2. The molecule has 1 N–H and O–H groups in total. The van der Waals surface area contributed by atoms with Gasteiger partial charge in [-0.25, -0.2) is 4.79 Å². The maximum Gasteiger partial charge on any atom is 0.374 e. The Labute approximate surface area is 137 Å². The second kappa shape index (κ2) is 6.12. The fourth-order valence-corrected chi connectivity index (χ4v) is 2.90. The van der Waals surface area contributed by atoms with Gasteiger partial charge in [-0.1, -0.05) is 30.6 Å². The predicted molar refractivity (Wildman–Crippen MR) is 83.6 cm³/mol. The summed E-state index contributed by atoms with van der Waals surface area (Å²) in [5, 5.41) is 13.3. The summed E-state index contributed by atoms with van der Waals surface area (Å²) < 4.78 is 16.4. The van der Waals surface area contributed by atoms with Crippen LogP contribution in [0.2, 0.25) is 5.02 Å². The average Bonchev–Trinajstić information content (AvgIpc) is 2.86. The Morgan fingerprint density at radius 3 is 2.70 bits per heavy atom. The number of aromatic carboxylic acids is 1. The number of halogens is 1. The number of carboxylic acid groups (broad SMARTS) is 1. The van der Waals surface area contributed by atoms with Crippen molar-refractivity contribution in [3.05, 3.63) is 28.5 Å². The predicted octanol–water partition coefficient (Wildman–Crippen LogP) is 3.98. The molecule has 0 amide bonds. The van der Waals surface area contributed by atoms with E-state index in [-0.39, 0.29) is 11.7 Å². The van der Waals surface area contributed by atoms with Crippen molar-refractivity contribution >= 4 is 17.6 Å². The van der Waals surface area contributed by atoms with Gasteiger partial charge in [0, 0.05) is 29.7 Å². The normalized spacial score (nSPS) is 13.9. The smallest absolute Gasteiger partial charge is 0.374 e. The van der Waals surface area contributed by atoms with Crippen LogP contribution in [-0.4, -0.2) is 29.4 Å². The summed E-state index contributed by atoms with van der Waals surface area (Å²) in [6.07, 6.45) is 0.784. The Bertz CT molecular complexity index is 753. The standard InChI is InChI=1S/C16H16ClNO5/c1-8(2)13-14(10-7-12(16(19)20)23-18-10)9(17)6-11-15(13)22-5-3-4-21-11/h6-8H,3-5H2,1-2H3,(H,19,20). The van der Waals surface area contributed by atoms with Gasteiger partial charge in [-0.15, -0.1) is 0 Å². The molecule has 0 spiro atoms. The number of aromatic nitrogens is 1. The van der Waals surface area contributed by atoms with Crippen molar-refractivity contribution in [2.24, 2.45) is 0 Å². The third-order valence-electron chi connectivity index (χ3n) is 3.58. The zero-order valence-electron chi connectivity index (χ0n) is 12.8. The van der Waals surface area contributed by atoms with E-state index in [4.69, 9.17) is 30.7 Å². The van der Waals surface area contributed by atoms with Crippen LogP contribution in [0.15, 0.2) is 16.7 Å².